The summed E-state index contributed by atoms with van der Waals surface area (Å²) < 4.78 is 36.5. The van der Waals surface area contributed by atoms with Crippen molar-refractivity contribution in [1.82, 2.24) is 15.5 Å². The van der Waals surface area contributed by atoms with Gasteiger partial charge in [0.1, 0.15) is 6.04 Å². The monoisotopic (exact) mass is 301 g/mol. The van der Waals surface area contributed by atoms with Gasteiger partial charge in [-0.15, -0.1) is 0 Å². The summed E-state index contributed by atoms with van der Waals surface area (Å²) in [7, 11) is 0. The van der Waals surface area contributed by atoms with Crippen LogP contribution >= 0.6 is 0 Å². The van der Waals surface area contributed by atoms with Crippen LogP contribution in [0.15, 0.2) is 24.4 Å². The Kier molecular flexibility index (Phi) is 3.83. The number of benzene rings is 1. The van der Waals surface area contributed by atoms with E-state index in [1.165, 1.54) is 11.5 Å². The molecule has 3 N–H and O–H groups in total. The number of halogens is 3. The molecule has 0 aliphatic rings. The summed E-state index contributed by atoms with van der Waals surface area (Å²) in [5, 5.41) is 17.5. The van der Waals surface area contributed by atoms with Crippen molar-refractivity contribution in [2.45, 2.75) is 18.6 Å². The summed E-state index contributed by atoms with van der Waals surface area (Å²) in [6.45, 7) is 0. The smallest absolute Gasteiger partial charge is 0.471 e. The maximum absolute atomic E-state index is 12.2. The van der Waals surface area contributed by atoms with Gasteiger partial charge in [-0.25, -0.2) is 4.79 Å². The van der Waals surface area contributed by atoms with E-state index in [0.717, 1.165) is 0 Å². The van der Waals surface area contributed by atoms with E-state index in [1.807, 2.05) is 0 Å². The predicted octanol–water partition coefficient (Wildman–Crippen LogP) is 1.24. The molecule has 1 heterocycles. The average molecular weight is 301 g/mol. The van der Waals surface area contributed by atoms with Gasteiger partial charge in [0, 0.05) is 11.8 Å². The van der Waals surface area contributed by atoms with Crippen LogP contribution in [0.3, 0.4) is 0 Å². The first kappa shape index (κ1) is 14.8. The number of carboxylic acid groups (broad SMARTS) is 1. The topological polar surface area (TPSA) is 95.1 Å². The number of aromatic nitrogens is 2. The number of hydrogen-bond acceptors (Lipinski definition) is 3. The van der Waals surface area contributed by atoms with Crippen LogP contribution in [-0.4, -0.2) is 39.4 Å². The first-order chi connectivity index (χ1) is 9.77. The molecule has 2 aromatic rings. The highest BCUT2D eigenvalue weighted by Gasteiger charge is 2.40. The van der Waals surface area contributed by atoms with Gasteiger partial charge in [-0.1, -0.05) is 6.07 Å². The average Bonchev–Trinajstić information content (AvgIpc) is 2.83. The molecule has 0 saturated heterocycles. The maximum atomic E-state index is 12.2. The van der Waals surface area contributed by atoms with Gasteiger partial charge in [0.05, 0.1) is 11.7 Å². The van der Waals surface area contributed by atoms with E-state index in [4.69, 9.17) is 5.11 Å². The number of nitrogens with zero attached hydrogens (tertiary/aromatic N) is 1. The standard InChI is InChI=1S/C12H10F3N3O3/c13-12(14,15)11(21)17-9(10(19)20)4-6-1-2-8-7(3-6)5-16-18-8/h1-3,5,9H,4H2,(H,16,18)(H,17,21)(H,19,20). The number of fused-ring (bicyclic) bond motifs is 1. The summed E-state index contributed by atoms with van der Waals surface area (Å²) in [5.41, 5.74) is 1.18. The van der Waals surface area contributed by atoms with Gasteiger partial charge in [-0.3, -0.25) is 9.89 Å². The summed E-state index contributed by atoms with van der Waals surface area (Å²) in [6.07, 6.45) is -3.89. The Bertz CT molecular complexity index is 681. The van der Waals surface area contributed by atoms with Crippen molar-refractivity contribution in [2.75, 3.05) is 0 Å². The van der Waals surface area contributed by atoms with E-state index in [9.17, 15) is 22.8 Å². The van der Waals surface area contributed by atoms with Crippen molar-refractivity contribution in [3.8, 4) is 0 Å². The molecule has 0 fully saturated rings. The predicted molar refractivity (Wildman–Crippen MR) is 65.4 cm³/mol. The first-order valence-electron chi connectivity index (χ1n) is 5.80. The van der Waals surface area contributed by atoms with Crippen LogP contribution in [0, 0.1) is 0 Å². The molecule has 1 amide bonds. The fourth-order valence-electron chi connectivity index (χ4n) is 1.80. The maximum Gasteiger partial charge on any atom is 0.471 e. The minimum absolute atomic E-state index is 0.266. The van der Waals surface area contributed by atoms with Crippen molar-refractivity contribution in [1.29, 1.82) is 0 Å². The highest BCUT2D eigenvalue weighted by Crippen LogP contribution is 2.17. The molecule has 0 aliphatic heterocycles. The fraction of sp³-hybridized carbons (Fsp3) is 0.250. The Balaban J connectivity index is 2.15. The van der Waals surface area contributed by atoms with Crippen LogP contribution in [-0.2, 0) is 16.0 Å². The van der Waals surface area contributed by atoms with E-state index in [-0.39, 0.29) is 6.42 Å². The Labute approximate surface area is 115 Å². The minimum Gasteiger partial charge on any atom is -0.480 e. The summed E-state index contributed by atoms with van der Waals surface area (Å²) in [4.78, 5) is 21.8. The van der Waals surface area contributed by atoms with Gasteiger partial charge in [-0.05, 0) is 17.7 Å². The van der Waals surface area contributed by atoms with Gasteiger partial charge in [0.2, 0.25) is 0 Å². The summed E-state index contributed by atoms with van der Waals surface area (Å²) in [5.74, 6) is -3.82. The van der Waals surface area contributed by atoms with E-state index >= 15 is 0 Å². The minimum atomic E-state index is -5.12. The van der Waals surface area contributed by atoms with Gasteiger partial charge < -0.3 is 10.4 Å². The quantitative estimate of drug-likeness (QED) is 0.791. The van der Waals surface area contributed by atoms with Crippen LogP contribution in [0.2, 0.25) is 0 Å². The van der Waals surface area contributed by atoms with Crippen molar-refractivity contribution in [3.63, 3.8) is 0 Å². The Morgan fingerprint density at radius 3 is 2.71 bits per heavy atom. The van der Waals surface area contributed by atoms with Crippen molar-refractivity contribution < 1.29 is 27.9 Å². The van der Waals surface area contributed by atoms with Gasteiger partial charge in [0.25, 0.3) is 0 Å². The third kappa shape index (κ3) is 3.50. The number of aliphatic carboxylic acids is 1. The Hall–Kier alpha value is -2.58. The van der Waals surface area contributed by atoms with E-state index in [2.05, 4.69) is 10.2 Å². The normalized spacial score (nSPS) is 13.1. The zero-order valence-corrected chi connectivity index (χ0v) is 10.4. The molecule has 9 heteroatoms. The van der Waals surface area contributed by atoms with Crippen molar-refractivity contribution in [3.05, 3.63) is 30.0 Å². The van der Waals surface area contributed by atoms with E-state index < -0.39 is 24.1 Å². The van der Waals surface area contributed by atoms with E-state index in [0.29, 0.717) is 16.5 Å². The van der Waals surface area contributed by atoms with Crippen LogP contribution in [0.5, 0.6) is 0 Å². The third-order valence-corrected chi connectivity index (χ3v) is 2.81. The van der Waals surface area contributed by atoms with Crippen molar-refractivity contribution in [2.24, 2.45) is 0 Å². The lowest BCUT2D eigenvalue weighted by molar-refractivity contribution is -0.175. The molecule has 1 aromatic heterocycles. The molecule has 0 radical (unpaired) electrons. The summed E-state index contributed by atoms with van der Waals surface area (Å²) in [6, 6.07) is 3.11. The number of amides is 1. The second-order valence-corrected chi connectivity index (χ2v) is 4.36. The molecule has 0 saturated carbocycles. The molecule has 0 spiro atoms. The lowest BCUT2D eigenvalue weighted by atomic mass is 10.0. The molecule has 21 heavy (non-hydrogen) atoms. The van der Waals surface area contributed by atoms with Gasteiger partial charge >= 0.3 is 18.1 Å². The number of H-pyrrole nitrogens is 1. The molecule has 0 aliphatic carbocycles. The molecule has 1 unspecified atom stereocenters. The van der Waals surface area contributed by atoms with Crippen LogP contribution in [0.1, 0.15) is 5.56 Å². The third-order valence-electron chi connectivity index (χ3n) is 2.81. The van der Waals surface area contributed by atoms with Crippen LogP contribution < -0.4 is 5.32 Å². The number of alkyl halides is 3. The number of carbonyl (C=O) groups excluding carboxylic acids is 1. The largest absolute Gasteiger partial charge is 0.480 e. The van der Waals surface area contributed by atoms with Crippen LogP contribution in [0.4, 0.5) is 13.2 Å². The lowest BCUT2D eigenvalue weighted by Gasteiger charge is -2.15. The van der Waals surface area contributed by atoms with E-state index in [1.54, 1.807) is 18.2 Å². The molecule has 1 atom stereocenters. The fourth-order valence-corrected chi connectivity index (χ4v) is 1.80. The number of aromatic amines is 1. The molecule has 112 valence electrons. The molecular formula is C12H10F3N3O3. The molecule has 2 rings (SSSR count). The lowest BCUT2D eigenvalue weighted by Crippen LogP contribution is -2.47. The second-order valence-electron chi connectivity index (χ2n) is 4.36. The highest BCUT2D eigenvalue weighted by atomic mass is 19.4. The molecule has 6 nitrogen and oxygen atoms in total. The number of rotatable bonds is 4. The van der Waals surface area contributed by atoms with Gasteiger partial charge in [-0.2, -0.15) is 18.3 Å². The molecular weight excluding hydrogens is 291 g/mol. The first-order valence-corrected chi connectivity index (χ1v) is 5.80. The van der Waals surface area contributed by atoms with Crippen molar-refractivity contribution >= 4 is 22.8 Å². The zero-order valence-electron chi connectivity index (χ0n) is 10.4. The Morgan fingerprint density at radius 2 is 2.10 bits per heavy atom. The number of nitrogens with one attached hydrogen (secondary N) is 2. The van der Waals surface area contributed by atoms with Crippen LogP contribution in [0.25, 0.3) is 10.9 Å². The molecule has 1 aromatic carbocycles. The summed E-state index contributed by atoms with van der Waals surface area (Å²) >= 11 is 0. The number of carboxylic acids is 1. The SMILES string of the molecule is O=C(O)C(Cc1ccc2[nH]ncc2c1)NC(=O)C(F)(F)F. The second kappa shape index (κ2) is 5.43. The number of hydrogen-bond donors (Lipinski definition) is 3. The Morgan fingerprint density at radius 1 is 1.38 bits per heavy atom. The molecule has 0 bridgehead atoms. The van der Waals surface area contributed by atoms with Gasteiger partial charge in [0.15, 0.2) is 0 Å². The number of carbonyl (C=O) groups is 2. The highest BCUT2D eigenvalue weighted by molar-refractivity contribution is 5.87. The zero-order chi connectivity index (χ0) is 15.6.